The summed E-state index contributed by atoms with van der Waals surface area (Å²) in [4.78, 5) is 36.3. The number of carbonyl (C=O) groups excluding carboxylic acids is 2. The molecule has 0 saturated heterocycles. The van der Waals surface area contributed by atoms with Crippen molar-refractivity contribution in [2.75, 3.05) is 5.32 Å². The molecule has 3 aromatic rings. The van der Waals surface area contributed by atoms with E-state index in [1.807, 2.05) is 30.3 Å². The maximum Gasteiger partial charge on any atom is 0.267 e. The van der Waals surface area contributed by atoms with Crippen molar-refractivity contribution in [2.24, 2.45) is 0 Å². The Balaban J connectivity index is 1.86. The van der Waals surface area contributed by atoms with Gasteiger partial charge in [0, 0.05) is 22.9 Å². The van der Waals surface area contributed by atoms with Crippen LogP contribution in [0.25, 0.3) is 11.3 Å². The van der Waals surface area contributed by atoms with E-state index in [1.165, 1.54) is 13.0 Å². The van der Waals surface area contributed by atoms with Gasteiger partial charge in [-0.15, -0.1) is 0 Å². The SMILES string of the molecule is CC(=O)c1cccc(NC(=O)C(C)n2nc(-c3ccccc3)ccc2=O)c1. The van der Waals surface area contributed by atoms with Crippen LogP contribution in [0.3, 0.4) is 0 Å². The van der Waals surface area contributed by atoms with Gasteiger partial charge < -0.3 is 5.32 Å². The van der Waals surface area contributed by atoms with Gasteiger partial charge >= 0.3 is 0 Å². The van der Waals surface area contributed by atoms with Crippen LogP contribution in [0.15, 0.2) is 71.5 Å². The molecule has 1 heterocycles. The zero-order chi connectivity index (χ0) is 19.4. The van der Waals surface area contributed by atoms with Gasteiger partial charge in [0.1, 0.15) is 6.04 Å². The van der Waals surface area contributed by atoms with E-state index >= 15 is 0 Å². The molecule has 6 nitrogen and oxygen atoms in total. The number of ketones is 1. The first-order chi connectivity index (χ1) is 13.0. The molecule has 0 saturated carbocycles. The van der Waals surface area contributed by atoms with E-state index in [4.69, 9.17) is 0 Å². The third kappa shape index (κ3) is 4.17. The number of nitrogens with zero attached hydrogens (tertiary/aromatic N) is 2. The summed E-state index contributed by atoms with van der Waals surface area (Å²) in [5.74, 6) is -0.483. The fourth-order valence-corrected chi connectivity index (χ4v) is 2.64. The third-order valence-electron chi connectivity index (χ3n) is 4.18. The standard InChI is InChI=1S/C21H19N3O3/c1-14(21(27)22-18-10-6-9-17(13-18)15(2)25)24-20(26)12-11-19(23-24)16-7-4-3-5-8-16/h3-14H,1-2H3,(H,22,27). The van der Waals surface area contributed by atoms with Crippen LogP contribution in [-0.4, -0.2) is 21.5 Å². The first-order valence-electron chi connectivity index (χ1n) is 8.53. The molecule has 1 aromatic heterocycles. The Morgan fingerprint density at radius 3 is 2.44 bits per heavy atom. The lowest BCUT2D eigenvalue weighted by atomic mass is 10.1. The van der Waals surface area contributed by atoms with Gasteiger partial charge in [-0.2, -0.15) is 5.10 Å². The molecule has 0 fully saturated rings. The molecule has 27 heavy (non-hydrogen) atoms. The van der Waals surface area contributed by atoms with Crippen molar-refractivity contribution in [3.8, 4) is 11.3 Å². The lowest BCUT2D eigenvalue weighted by molar-refractivity contribution is -0.119. The highest BCUT2D eigenvalue weighted by molar-refractivity contribution is 5.97. The highest BCUT2D eigenvalue weighted by Crippen LogP contribution is 2.17. The molecule has 0 bridgehead atoms. The van der Waals surface area contributed by atoms with E-state index in [-0.39, 0.29) is 11.3 Å². The molecule has 1 unspecified atom stereocenters. The maximum absolute atomic E-state index is 12.6. The Bertz CT molecular complexity index is 1040. The Hall–Kier alpha value is -3.54. The highest BCUT2D eigenvalue weighted by Gasteiger charge is 2.18. The largest absolute Gasteiger partial charge is 0.324 e. The minimum atomic E-state index is -0.817. The van der Waals surface area contributed by atoms with Crippen molar-refractivity contribution in [3.05, 3.63) is 82.6 Å². The third-order valence-corrected chi connectivity index (χ3v) is 4.18. The van der Waals surface area contributed by atoms with Crippen LogP contribution in [0.5, 0.6) is 0 Å². The van der Waals surface area contributed by atoms with Crippen LogP contribution in [0, 0.1) is 0 Å². The molecule has 0 spiro atoms. The Morgan fingerprint density at radius 2 is 1.74 bits per heavy atom. The van der Waals surface area contributed by atoms with Crippen molar-refractivity contribution >= 4 is 17.4 Å². The highest BCUT2D eigenvalue weighted by atomic mass is 16.2. The van der Waals surface area contributed by atoms with Crippen molar-refractivity contribution in [1.82, 2.24) is 9.78 Å². The predicted molar refractivity (Wildman–Crippen MR) is 104 cm³/mol. The van der Waals surface area contributed by atoms with E-state index in [1.54, 1.807) is 37.3 Å². The summed E-state index contributed by atoms with van der Waals surface area (Å²) >= 11 is 0. The molecule has 0 aliphatic rings. The van der Waals surface area contributed by atoms with Gasteiger partial charge in [-0.1, -0.05) is 42.5 Å². The van der Waals surface area contributed by atoms with Gasteiger partial charge in [0.2, 0.25) is 5.91 Å². The van der Waals surface area contributed by atoms with E-state index in [0.717, 1.165) is 10.2 Å². The van der Waals surface area contributed by atoms with Gasteiger partial charge in [0.25, 0.3) is 5.56 Å². The van der Waals surface area contributed by atoms with Crippen LogP contribution in [-0.2, 0) is 4.79 Å². The number of amides is 1. The topological polar surface area (TPSA) is 81.1 Å². The van der Waals surface area contributed by atoms with Gasteiger partial charge in [-0.25, -0.2) is 4.68 Å². The molecule has 2 aromatic carbocycles. The minimum absolute atomic E-state index is 0.0902. The quantitative estimate of drug-likeness (QED) is 0.707. The summed E-state index contributed by atoms with van der Waals surface area (Å²) in [6.07, 6.45) is 0. The van der Waals surface area contributed by atoms with Crippen LogP contribution in [0.4, 0.5) is 5.69 Å². The number of carbonyl (C=O) groups is 2. The number of nitrogens with one attached hydrogen (secondary N) is 1. The fourth-order valence-electron chi connectivity index (χ4n) is 2.64. The molecule has 6 heteroatoms. The van der Waals surface area contributed by atoms with Crippen LogP contribution < -0.4 is 10.9 Å². The molecular formula is C21H19N3O3. The molecule has 1 amide bonds. The summed E-state index contributed by atoms with van der Waals surface area (Å²) in [6, 6.07) is 18.3. The van der Waals surface area contributed by atoms with E-state index in [2.05, 4.69) is 10.4 Å². The number of aromatic nitrogens is 2. The number of hydrogen-bond acceptors (Lipinski definition) is 4. The fraction of sp³-hybridized carbons (Fsp3) is 0.143. The van der Waals surface area contributed by atoms with Gasteiger partial charge in [0.15, 0.2) is 5.78 Å². The molecule has 0 aliphatic carbocycles. The number of anilines is 1. The number of rotatable bonds is 5. The van der Waals surface area contributed by atoms with Crippen LogP contribution in [0.2, 0.25) is 0 Å². The van der Waals surface area contributed by atoms with Gasteiger partial charge in [0.05, 0.1) is 5.69 Å². The second kappa shape index (κ2) is 7.78. The predicted octanol–water partition coefficient (Wildman–Crippen LogP) is 3.31. The molecule has 0 aliphatic heterocycles. The van der Waals surface area contributed by atoms with Crippen LogP contribution >= 0.6 is 0 Å². The second-order valence-corrected chi connectivity index (χ2v) is 6.17. The number of hydrogen-bond donors (Lipinski definition) is 1. The summed E-state index contributed by atoms with van der Waals surface area (Å²) in [7, 11) is 0. The Labute approximate surface area is 156 Å². The van der Waals surface area contributed by atoms with Gasteiger partial charge in [-0.3, -0.25) is 14.4 Å². The molecule has 0 radical (unpaired) electrons. The van der Waals surface area contributed by atoms with Crippen molar-refractivity contribution in [3.63, 3.8) is 0 Å². The first-order valence-corrected chi connectivity index (χ1v) is 8.53. The number of Topliss-reactive ketones (excluding diaryl/α,β-unsaturated/α-hetero) is 1. The maximum atomic E-state index is 12.6. The molecule has 136 valence electrons. The first kappa shape index (κ1) is 18.3. The summed E-state index contributed by atoms with van der Waals surface area (Å²) in [5, 5.41) is 7.07. The minimum Gasteiger partial charge on any atom is -0.324 e. The molecule has 1 N–H and O–H groups in total. The second-order valence-electron chi connectivity index (χ2n) is 6.17. The lowest BCUT2D eigenvalue weighted by Crippen LogP contribution is -2.33. The lowest BCUT2D eigenvalue weighted by Gasteiger charge is -2.15. The summed E-state index contributed by atoms with van der Waals surface area (Å²) < 4.78 is 1.16. The van der Waals surface area contributed by atoms with Gasteiger partial charge in [-0.05, 0) is 32.0 Å². The zero-order valence-electron chi connectivity index (χ0n) is 15.0. The Morgan fingerprint density at radius 1 is 1.00 bits per heavy atom. The average molecular weight is 361 g/mol. The van der Waals surface area contributed by atoms with E-state index < -0.39 is 11.9 Å². The molecule has 1 atom stereocenters. The van der Waals surface area contributed by atoms with Crippen molar-refractivity contribution < 1.29 is 9.59 Å². The smallest absolute Gasteiger partial charge is 0.267 e. The van der Waals surface area contributed by atoms with E-state index in [0.29, 0.717) is 16.9 Å². The summed E-state index contributed by atoms with van der Waals surface area (Å²) in [5.41, 5.74) is 2.09. The molecular weight excluding hydrogens is 342 g/mol. The van der Waals surface area contributed by atoms with Crippen molar-refractivity contribution in [2.45, 2.75) is 19.9 Å². The van der Waals surface area contributed by atoms with Crippen molar-refractivity contribution in [1.29, 1.82) is 0 Å². The van der Waals surface area contributed by atoms with E-state index in [9.17, 15) is 14.4 Å². The zero-order valence-corrected chi connectivity index (χ0v) is 15.0. The average Bonchev–Trinajstić information content (AvgIpc) is 2.68. The number of benzene rings is 2. The summed E-state index contributed by atoms with van der Waals surface area (Å²) in [6.45, 7) is 3.06. The Kier molecular flexibility index (Phi) is 5.26. The molecule has 3 rings (SSSR count). The van der Waals surface area contributed by atoms with Crippen LogP contribution in [0.1, 0.15) is 30.2 Å². The normalized spacial score (nSPS) is 11.6. The monoisotopic (exact) mass is 361 g/mol.